The van der Waals surface area contributed by atoms with E-state index in [-0.39, 0.29) is 12.2 Å². The molecule has 0 fully saturated rings. The van der Waals surface area contributed by atoms with Crippen LogP contribution >= 0.6 is 11.6 Å². The number of aryl methyl sites for hydroxylation is 2. The molecule has 0 N–H and O–H groups in total. The SMILES string of the molecule is Cc1nc2ncnn2c(C)c1CC(=O)O[C@H](C)C(=O)c1ccc(Cl)cc1. The van der Waals surface area contributed by atoms with Crippen LogP contribution in [0.25, 0.3) is 5.78 Å². The predicted octanol–water partition coefficient (Wildman–Crippen LogP) is 2.75. The van der Waals surface area contributed by atoms with Gasteiger partial charge in [0.1, 0.15) is 6.33 Å². The third-order valence-corrected chi connectivity index (χ3v) is 4.37. The molecule has 0 aliphatic carbocycles. The second-order valence-electron chi connectivity index (χ2n) is 5.91. The van der Waals surface area contributed by atoms with Gasteiger partial charge in [-0.3, -0.25) is 9.59 Å². The molecule has 2 aromatic heterocycles. The molecular formula is C18H17ClN4O3. The van der Waals surface area contributed by atoms with Crippen molar-refractivity contribution >= 4 is 29.1 Å². The molecule has 3 rings (SSSR count). The van der Waals surface area contributed by atoms with Gasteiger partial charge < -0.3 is 4.74 Å². The number of benzene rings is 1. The Hall–Kier alpha value is -2.80. The maximum atomic E-state index is 12.4. The van der Waals surface area contributed by atoms with Gasteiger partial charge in [0.05, 0.1) is 6.42 Å². The number of fused-ring (bicyclic) bond motifs is 1. The summed E-state index contributed by atoms with van der Waals surface area (Å²) in [7, 11) is 0. The summed E-state index contributed by atoms with van der Waals surface area (Å²) >= 11 is 5.82. The van der Waals surface area contributed by atoms with E-state index in [1.807, 2.05) is 6.92 Å². The van der Waals surface area contributed by atoms with Crippen molar-refractivity contribution in [2.45, 2.75) is 33.3 Å². The second-order valence-corrected chi connectivity index (χ2v) is 6.35. The summed E-state index contributed by atoms with van der Waals surface area (Å²) < 4.78 is 6.88. The lowest BCUT2D eigenvalue weighted by molar-refractivity contribution is -0.145. The Morgan fingerprint density at radius 1 is 1.23 bits per heavy atom. The highest BCUT2D eigenvalue weighted by molar-refractivity contribution is 6.30. The molecule has 0 saturated carbocycles. The highest BCUT2D eigenvalue weighted by atomic mass is 35.5. The van der Waals surface area contributed by atoms with Gasteiger partial charge in [0.25, 0.3) is 5.78 Å². The molecule has 0 unspecified atom stereocenters. The second kappa shape index (κ2) is 7.21. The number of halogens is 1. The van der Waals surface area contributed by atoms with Crippen LogP contribution in [0, 0.1) is 13.8 Å². The Balaban J connectivity index is 1.72. The third kappa shape index (κ3) is 3.57. The quantitative estimate of drug-likeness (QED) is 0.505. The number of hydrogen-bond donors (Lipinski definition) is 0. The van der Waals surface area contributed by atoms with E-state index in [4.69, 9.17) is 16.3 Å². The van der Waals surface area contributed by atoms with Crippen molar-refractivity contribution in [3.8, 4) is 0 Å². The van der Waals surface area contributed by atoms with Crippen LogP contribution in [0.15, 0.2) is 30.6 Å². The smallest absolute Gasteiger partial charge is 0.311 e. The standard InChI is InChI=1S/C18H17ClN4O3/c1-10-15(11(2)23-18(22-10)20-9-21-23)8-16(24)26-12(3)17(25)13-4-6-14(19)7-5-13/h4-7,9,12H,8H2,1-3H3/t12-/m1/s1. The Kier molecular flexibility index (Phi) is 4.99. The zero-order chi connectivity index (χ0) is 18.8. The molecule has 1 atom stereocenters. The van der Waals surface area contributed by atoms with Crippen molar-refractivity contribution in [3.05, 3.63) is 58.1 Å². The monoisotopic (exact) mass is 372 g/mol. The van der Waals surface area contributed by atoms with Gasteiger partial charge in [-0.05, 0) is 45.0 Å². The number of ether oxygens (including phenoxy) is 1. The van der Waals surface area contributed by atoms with Crippen LogP contribution in [0.5, 0.6) is 0 Å². The highest BCUT2D eigenvalue weighted by Crippen LogP contribution is 2.16. The highest BCUT2D eigenvalue weighted by Gasteiger charge is 2.21. The molecule has 0 radical (unpaired) electrons. The van der Waals surface area contributed by atoms with E-state index in [9.17, 15) is 9.59 Å². The minimum Gasteiger partial charge on any atom is -0.454 e. The van der Waals surface area contributed by atoms with Crippen molar-refractivity contribution in [3.63, 3.8) is 0 Å². The molecule has 1 aromatic carbocycles. The van der Waals surface area contributed by atoms with Gasteiger partial charge >= 0.3 is 5.97 Å². The molecule has 0 aliphatic heterocycles. The fourth-order valence-corrected chi connectivity index (χ4v) is 2.82. The summed E-state index contributed by atoms with van der Waals surface area (Å²) in [5, 5.41) is 4.62. The van der Waals surface area contributed by atoms with Crippen molar-refractivity contribution in [1.29, 1.82) is 0 Å². The van der Waals surface area contributed by atoms with E-state index < -0.39 is 12.1 Å². The lowest BCUT2D eigenvalue weighted by Crippen LogP contribution is -2.25. The van der Waals surface area contributed by atoms with E-state index in [0.717, 1.165) is 5.69 Å². The van der Waals surface area contributed by atoms with Crippen molar-refractivity contribution in [2.75, 3.05) is 0 Å². The number of carbonyl (C=O) groups is 2. The van der Waals surface area contributed by atoms with Gasteiger partial charge in [0.2, 0.25) is 5.78 Å². The van der Waals surface area contributed by atoms with E-state index in [0.29, 0.717) is 27.6 Å². The fraction of sp³-hybridized carbons (Fsp3) is 0.278. The molecule has 2 heterocycles. The van der Waals surface area contributed by atoms with Crippen LogP contribution in [0.3, 0.4) is 0 Å². The minimum atomic E-state index is -0.896. The number of esters is 1. The maximum Gasteiger partial charge on any atom is 0.311 e. The summed E-state index contributed by atoms with van der Waals surface area (Å²) in [5.41, 5.74) is 2.59. The molecule has 26 heavy (non-hydrogen) atoms. The number of hydrogen-bond acceptors (Lipinski definition) is 6. The molecule has 0 amide bonds. The molecule has 0 saturated heterocycles. The molecule has 8 heteroatoms. The predicted molar refractivity (Wildman–Crippen MR) is 95.3 cm³/mol. The summed E-state index contributed by atoms with van der Waals surface area (Å²) in [5.74, 6) is -0.316. The van der Waals surface area contributed by atoms with Crippen molar-refractivity contribution < 1.29 is 14.3 Å². The topological polar surface area (TPSA) is 86.4 Å². The first kappa shape index (κ1) is 18.0. The summed E-state index contributed by atoms with van der Waals surface area (Å²) in [6.45, 7) is 5.18. The van der Waals surface area contributed by atoms with Crippen LogP contribution in [-0.4, -0.2) is 37.4 Å². The first-order chi connectivity index (χ1) is 12.4. The number of rotatable bonds is 5. The summed E-state index contributed by atoms with van der Waals surface area (Å²) in [4.78, 5) is 33.0. The largest absolute Gasteiger partial charge is 0.454 e. The lowest BCUT2D eigenvalue weighted by atomic mass is 10.1. The summed E-state index contributed by atoms with van der Waals surface area (Å²) in [6, 6.07) is 6.45. The maximum absolute atomic E-state index is 12.4. The number of aromatic nitrogens is 4. The average Bonchev–Trinajstić information content (AvgIpc) is 3.07. The zero-order valence-corrected chi connectivity index (χ0v) is 15.3. The van der Waals surface area contributed by atoms with Crippen LogP contribution in [0.4, 0.5) is 0 Å². The molecular weight excluding hydrogens is 356 g/mol. The van der Waals surface area contributed by atoms with E-state index in [2.05, 4.69) is 15.1 Å². The first-order valence-corrected chi connectivity index (χ1v) is 8.39. The van der Waals surface area contributed by atoms with Crippen LogP contribution in [0.2, 0.25) is 5.02 Å². The van der Waals surface area contributed by atoms with Gasteiger partial charge in [-0.25, -0.2) is 9.50 Å². The molecule has 134 valence electrons. The molecule has 0 aliphatic rings. The van der Waals surface area contributed by atoms with Gasteiger partial charge in [0, 0.05) is 27.5 Å². The first-order valence-electron chi connectivity index (χ1n) is 8.02. The minimum absolute atomic E-state index is 0.00129. The third-order valence-electron chi connectivity index (χ3n) is 4.12. The van der Waals surface area contributed by atoms with E-state index in [1.165, 1.54) is 6.33 Å². The van der Waals surface area contributed by atoms with Gasteiger partial charge in [0.15, 0.2) is 6.10 Å². The van der Waals surface area contributed by atoms with Crippen molar-refractivity contribution in [1.82, 2.24) is 19.6 Å². The fourth-order valence-electron chi connectivity index (χ4n) is 2.70. The average molecular weight is 373 g/mol. The normalized spacial score (nSPS) is 12.2. The summed E-state index contributed by atoms with van der Waals surface area (Å²) in [6.07, 6.45) is 0.509. The van der Waals surface area contributed by atoms with Gasteiger partial charge in [-0.2, -0.15) is 10.1 Å². The van der Waals surface area contributed by atoms with E-state index >= 15 is 0 Å². The van der Waals surface area contributed by atoms with Crippen LogP contribution in [0.1, 0.15) is 34.2 Å². The van der Waals surface area contributed by atoms with Crippen LogP contribution in [-0.2, 0) is 16.0 Å². The number of ketones is 1. The number of Topliss-reactive ketones (excluding diaryl/α,β-unsaturated/α-hetero) is 1. The number of carbonyl (C=O) groups excluding carboxylic acids is 2. The molecule has 0 bridgehead atoms. The zero-order valence-electron chi connectivity index (χ0n) is 14.6. The Bertz CT molecular complexity index is 982. The molecule has 0 spiro atoms. The van der Waals surface area contributed by atoms with E-state index in [1.54, 1.807) is 42.6 Å². The van der Waals surface area contributed by atoms with Gasteiger partial charge in [-0.15, -0.1) is 0 Å². The van der Waals surface area contributed by atoms with Crippen LogP contribution < -0.4 is 0 Å². The molecule has 3 aromatic rings. The Labute approximate surface area is 155 Å². The number of nitrogens with zero attached hydrogens (tertiary/aromatic N) is 4. The Morgan fingerprint density at radius 2 is 1.92 bits per heavy atom. The lowest BCUT2D eigenvalue weighted by Gasteiger charge is -2.14. The molecule has 7 nitrogen and oxygen atoms in total. The van der Waals surface area contributed by atoms with Gasteiger partial charge in [-0.1, -0.05) is 11.6 Å². The van der Waals surface area contributed by atoms with Crippen molar-refractivity contribution in [2.24, 2.45) is 0 Å². The Morgan fingerprint density at radius 3 is 2.62 bits per heavy atom.